The van der Waals surface area contributed by atoms with Crippen LogP contribution in [0.25, 0.3) is 0 Å². The number of hydrogen-bond acceptors (Lipinski definition) is 4. The number of rotatable bonds is 6. The molecule has 2 aromatic carbocycles. The van der Waals surface area contributed by atoms with E-state index in [1.165, 1.54) is 12.1 Å². The van der Waals surface area contributed by atoms with Crippen molar-refractivity contribution in [3.05, 3.63) is 64.2 Å². The van der Waals surface area contributed by atoms with E-state index in [1.54, 1.807) is 0 Å². The van der Waals surface area contributed by atoms with Crippen molar-refractivity contribution in [2.75, 3.05) is 26.2 Å². The predicted molar refractivity (Wildman–Crippen MR) is 109 cm³/mol. The summed E-state index contributed by atoms with van der Waals surface area (Å²) in [5, 5.41) is 20.8. The fraction of sp³-hybridized carbons (Fsp3) is 0.455. The Morgan fingerprint density at radius 3 is 2.47 bits per heavy atom. The number of ether oxygens (including phenoxy) is 1. The van der Waals surface area contributed by atoms with Crippen molar-refractivity contribution in [1.82, 2.24) is 4.90 Å². The van der Waals surface area contributed by atoms with Gasteiger partial charge in [0.05, 0.1) is 16.2 Å². The quantitative estimate of drug-likeness (QED) is 0.695. The summed E-state index contributed by atoms with van der Waals surface area (Å²) in [6.07, 6.45) is -4.77. The zero-order chi connectivity index (χ0) is 21.9. The minimum atomic E-state index is -4.58. The molecular weight excluding hydrogens is 419 g/mol. The summed E-state index contributed by atoms with van der Waals surface area (Å²) in [5.41, 5.74) is -1.11. The van der Waals surface area contributed by atoms with Gasteiger partial charge in [-0.15, -0.1) is 0 Å². The molecule has 1 aliphatic heterocycles. The van der Waals surface area contributed by atoms with E-state index in [0.29, 0.717) is 25.4 Å². The Kier molecular flexibility index (Phi) is 6.97. The van der Waals surface area contributed by atoms with Gasteiger partial charge in [0.15, 0.2) is 0 Å². The van der Waals surface area contributed by atoms with Crippen LogP contribution in [0.4, 0.5) is 13.2 Å². The largest absolute Gasteiger partial charge is 0.491 e. The number of nitrogens with zero attached hydrogens (tertiary/aromatic N) is 1. The first-order chi connectivity index (χ1) is 14.1. The van der Waals surface area contributed by atoms with E-state index in [1.807, 2.05) is 36.1 Å². The monoisotopic (exact) mass is 443 g/mol. The van der Waals surface area contributed by atoms with Crippen LogP contribution >= 0.6 is 11.6 Å². The van der Waals surface area contributed by atoms with Crippen molar-refractivity contribution in [2.24, 2.45) is 0 Å². The second-order valence-electron chi connectivity index (χ2n) is 7.75. The van der Waals surface area contributed by atoms with Gasteiger partial charge in [-0.2, -0.15) is 13.2 Å². The zero-order valence-electron chi connectivity index (χ0n) is 16.6. The number of halogens is 4. The molecule has 0 bridgehead atoms. The second kappa shape index (κ2) is 9.14. The van der Waals surface area contributed by atoms with Crippen LogP contribution in [0.15, 0.2) is 42.5 Å². The van der Waals surface area contributed by atoms with Gasteiger partial charge in [0, 0.05) is 19.6 Å². The highest BCUT2D eigenvalue weighted by atomic mass is 35.5. The fourth-order valence-electron chi connectivity index (χ4n) is 3.68. The number of aryl methyl sites for hydroxylation is 1. The molecule has 1 atom stereocenters. The summed E-state index contributed by atoms with van der Waals surface area (Å²) in [6.45, 7) is 3.31. The van der Waals surface area contributed by atoms with Crippen LogP contribution in [0.1, 0.15) is 29.5 Å². The molecule has 0 aromatic heterocycles. The van der Waals surface area contributed by atoms with Crippen molar-refractivity contribution in [3.8, 4) is 5.75 Å². The van der Waals surface area contributed by atoms with Gasteiger partial charge in [0.2, 0.25) is 0 Å². The Bertz CT molecular complexity index is 867. The van der Waals surface area contributed by atoms with E-state index in [2.05, 4.69) is 0 Å². The lowest BCUT2D eigenvalue weighted by Crippen LogP contribution is -2.46. The zero-order valence-corrected chi connectivity index (χ0v) is 17.4. The third-order valence-electron chi connectivity index (χ3n) is 5.49. The maximum absolute atomic E-state index is 13.1. The van der Waals surface area contributed by atoms with Gasteiger partial charge in [-0.25, -0.2) is 0 Å². The van der Waals surface area contributed by atoms with Crippen LogP contribution < -0.4 is 4.74 Å². The summed E-state index contributed by atoms with van der Waals surface area (Å²) >= 11 is 5.68. The second-order valence-corrected chi connectivity index (χ2v) is 8.16. The highest BCUT2D eigenvalue weighted by Gasteiger charge is 2.38. The Morgan fingerprint density at radius 1 is 1.17 bits per heavy atom. The van der Waals surface area contributed by atoms with Crippen LogP contribution in [-0.4, -0.2) is 47.5 Å². The van der Waals surface area contributed by atoms with Crippen LogP contribution in [0.5, 0.6) is 5.75 Å². The number of alkyl halides is 3. The number of aliphatic hydroxyl groups is 2. The van der Waals surface area contributed by atoms with E-state index in [4.69, 9.17) is 16.3 Å². The van der Waals surface area contributed by atoms with Gasteiger partial charge in [-0.3, -0.25) is 0 Å². The number of likely N-dealkylation sites (tertiary alicyclic amines) is 1. The number of β-amino-alcohol motifs (C(OH)–C–C–N with tert-alkyl or cyclic N) is 1. The third-order valence-corrected chi connectivity index (χ3v) is 5.82. The van der Waals surface area contributed by atoms with Gasteiger partial charge in [-0.1, -0.05) is 35.9 Å². The molecule has 0 radical (unpaired) electrons. The molecule has 1 heterocycles. The summed E-state index contributed by atoms with van der Waals surface area (Å²) in [4.78, 5) is 1.97. The average Bonchev–Trinajstić information content (AvgIpc) is 2.68. The molecule has 1 aliphatic rings. The molecule has 0 aliphatic carbocycles. The third kappa shape index (κ3) is 5.46. The molecule has 30 heavy (non-hydrogen) atoms. The molecule has 164 valence electrons. The van der Waals surface area contributed by atoms with Crippen molar-refractivity contribution >= 4 is 11.6 Å². The van der Waals surface area contributed by atoms with Crippen molar-refractivity contribution < 1.29 is 28.1 Å². The summed E-state index contributed by atoms with van der Waals surface area (Å²) in [6, 6.07) is 11.1. The normalized spacial score (nSPS) is 18.2. The molecule has 4 nitrogen and oxygen atoms in total. The van der Waals surface area contributed by atoms with E-state index in [0.717, 1.165) is 11.6 Å². The maximum Gasteiger partial charge on any atom is 0.417 e. The number of hydrogen-bond donors (Lipinski definition) is 2. The maximum atomic E-state index is 13.1. The Balaban J connectivity index is 1.56. The van der Waals surface area contributed by atoms with Gasteiger partial charge < -0.3 is 19.8 Å². The van der Waals surface area contributed by atoms with Crippen LogP contribution in [0.2, 0.25) is 5.02 Å². The van der Waals surface area contributed by atoms with Gasteiger partial charge in [-0.05, 0) is 49.1 Å². The standard InChI is InChI=1S/C22H25ClF3NO3/c1-15-4-2-3-5-20(15)30-14-17(28)13-27-10-8-21(29,9-11-27)16-6-7-19(23)18(12-16)22(24,25)26/h2-7,12,17,28-29H,8-11,13-14H2,1H3. The van der Waals surface area contributed by atoms with E-state index < -0.39 is 23.4 Å². The van der Waals surface area contributed by atoms with Crippen molar-refractivity contribution in [3.63, 3.8) is 0 Å². The lowest BCUT2D eigenvalue weighted by atomic mass is 9.83. The Morgan fingerprint density at radius 2 is 1.83 bits per heavy atom. The van der Waals surface area contributed by atoms with E-state index in [9.17, 15) is 23.4 Å². The first kappa shape index (κ1) is 22.9. The first-order valence-corrected chi connectivity index (χ1v) is 10.1. The number of benzene rings is 2. The first-order valence-electron chi connectivity index (χ1n) is 9.77. The predicted octanol–water partition coefficient (Wildman–Crippen LogP) is 4.39. The van der Waals surface area contributed by atoms with Gasteiger partial charge in [0.1, 0.15) is 18.5 Å². The average molecular weight is 444 g/mol. The molecule has 0 amide bonds. The van der Waals surface area contributed by atoms with E-state index in [-0.39, 0.29) is 30.0 Å². The summed E-state index contributed by atoms with van der Waals surface area (Å²) in [7, 11) is 0. The Hall–Kier alpha value is -1.80. The topological polar surface area (TPSA) is 52.9 Å². The van der Waals surface area contributed by atoms with E-state index >= 15 is 0 Å². The summed E-state index contributed by atoms with van der Waals surface area (Å²) in [5.74, 6) is 0.716. The molecule has 1 saturated heterocycles. The minimum absolute atomic E-state index is 0.137. The molecule has 8 heteroatoms. The minimum Gasteiger partial charge on any atom is -0.491 e. The molecule has 0 spiro atoms. The molecular formula is C22H25ClF3NO3. The molecule has 1 unspecified atom stereocenters. The highest BCUT2D eigenvalue weighted by molar-refractivity contribution is 6.31. The Labute approximate surface area is 178 Å². The van der Waals surface area contributed by atoms with Crippen LogP contribution in [-0.2, 0) is 11.8 Å². The van der Waals surface area contributed by atoms with Crippen molar-refractivity contribution in [2.45, 2.75) is 37.6 Å². The van der Waals surface area contributed by atoms with Crippen LogP contribution in [0.3, 0.4) is 0 Å². The van der Waals surface area contributed by atoms with Gasteiger partial charge >= 0.3 is 6.18 Å². The number of aliphatic hydroxyl groups excluding tert-OH is 1. The molecule has 3 rings (SSSR count). The lowest BCUT2D eigenvalue weighted by molar-refractivity contribution is -0.137. The van der Waals surface area contributed by atoms with Crippen molar-refractivity contribution in [1.29, 1.82) is 0 Å². The molecule has 2 aromatic rings. The highest BCUT2D eigenvalue weighted by Crippen LogP contribution is 2.39. The van der Waals surface area contributed by atoms with Gasteiger partial charge in [0.25, 0.3) is 0 Å². The smallest absolute Gasteiger partial charge is 0.417 e. The SMILES string of the molecule is Cc1ccccc1OCC(O)CN1CCC(O)(c2ccc(Cl)c(C(F)(F)F)c2)CC1. The number of piperidine rings is 1. The lowest BCUT2D eigenvalue weighted by Gasteiger charge is -2.39. The number of para-hydroxylation sites is 1. The molecule has 2 N–H and O–H groups in total. The molecule has 0 saturated carbocycles. The fourth-order valence-corrected chi connectivity index (χ4v) is 3.91. The van der Waals surface area contributed by atoms with Crippen LogP contribution in [0, 0.1) is 6.92 Å². The molecule has 1 fully saturated rings. The summed E-state index contributed by atoms with van der Waals surface area (Å²) < 4.78 is 45.1.